The first-order valence-electron chi connectivity index (χ1n) is 5.10. The molecule has 0 fully saturated rings. The highest BCUT2D eigenvalue weighted by atomic mass is 16.4. The molecule has 1 atom stereocenters. The number of likely N-dealkylation sites (N-methyl/N-ethyl adjacent to an activating group) is 1. The molecule has 0 aliphatic heterocycles. The first kappa shape index (κ1) is 12.7. The Morgan fingerprint density at radius 3 is 2.81 bits per heavy atom. The van der Waals surface area contributed by atoms with Gasteiger partial charge < -0.3 is 10.0 Å². The van der Waals surface area contributed by atoms with E-state index in [9.17, 15) is 4.79 Å². The van der Waals surface area contributed by atoms with Crippen LogP contribution in [-0.4, -0.2) is 52.9 Å². The molecule has 0 bridgehead atoms. The summed E-state index contributed by atoms with van der Waals surface area (Å²) in [5.41, 5.74) is 0.675. The molecule has 16 heavy (non-hydrogen) atoms. The number of aryl methyl sites for hydroxylation is 1. The van der Waals surface area contributed by atoms with E-state index < -0.39 is 12.0 Å². The molecule has 6 nitrogen and oxygen atoms in total. The van der Waals surface area contributed by atoms with Crippen LogP contribution in [0.4, 0.5) is 0 Å². The van der Waals surface area contributed by atoms with Crippen LogP contribution in [0.2, 0.25) is 0 Å². The predicted octanol–water partition coefficient (Wildman–Crippen LogP) is -0.303. The Kier molecular flexibility index (Phi) is 4.45. The largest absolute Gasteiger partial charge is 0.480 e. The van der Waals surface area contributed by atoms with Crippen molar-refractivity contribution < 1.29 is 9.90 Å². The maximum Gasteiger partial charge on any atom is 0.325 e. The average molecular weight is 226 g/mol. The minimum atomic E-state index is -0.883. The minimum Gasteiger partial charge on any atom is -0.480 e. The fourth-order valence-corrected chi connectivity index (χ4v) is 1.37. The predicted molar refractivity (Wildman–Crippen MR) is 60.1 cm³/mol. The molecule has 0 saturated heterocycles. The molecule has 1 unspecified atom stereocenters. The van der Waals surface area contributed by atoms with Crippen LogP contribution < -0.4 is 5.32 Å². The minimum absolute atomic E-state index is 0.624. The number of carboxylic acid groups (broad SMARTS) is 1. The van der Waals surface area contributed by atoms with Gasteiger partial charge >= 0.3 is 5.97 Å². The van der Waals surface area contributed by atoms with E-state index in [0.29, 0.717) is 12.1 Å². The smallest absolute Gasteiger partial charge is 0.325 e. The maximum absolute atomic E-state index is 11.1. The van der Waals surface area contributed by atoms with Gasteiger partial charge in [0.15, 0.2) is 0 Å². The molecule has 0 aromatic carbocycles. The molecule has 1 aromatic heterocycles. The summed E-state index contributed by atoms with van der Waals surface area (Å²) in [6.45, 7) is 1.42. The first-order chi connectivity index (χ1) is 7.50. The number of carbonyl (C=O) groups is 1. The highest BCUT2D eigenvalue weighted by molar-refractivity contribution is 5.75. The zero-order valence-corrected chi connectivity index (χ0v) is 9.84. The second kappa shape index (κ2) is 5.62. The van der Waals surface area contributed by atoms with E-state index in [1.165, 1.54) is 0 Å². The monoisotopic (exact) mass is 226 g/mol. The van der Waals surface area contributed by atoms with Crippen molar-refractivity contribution in [1.82, 2.24) is 20.0 Å². The number of nitrogens with one attached hydrogen (secondary N) is 1. The van der Waals surface area contributed by atoms with Crippen LogP contribution in [-0.2, 0) is 11.8 Å². The van der Waals surface area contributed by atoms with Crippen molar-refractivity contribution in [1.29, 1.82) is 0 Å². The number of rotatable bonds is 6. The second-order valence-corrected chi connectivity index (χ2v) is 3.98. The van der Waals surface area contributed by atoms with Crippen molar-refractivity contribution in [2.24, 2.45) is 7.05 Å². The molecule has 0 radical (unpaired) electrons. The van der Waals surface area contributed by atoms with Gasteiger partial charge in [-0.05, 0) is 14.1 Å². The van der Waals surface area contributed by atoms with Crippen molar-refractivity contribution in [3.63, 3.8) is 0 Å². The zero-order valence-electron chi connectivity index (χ0n) is 9.84. The standard InChI is InChI=1S/C10H18N4O2/c1-13(2)5-4-11-9(10(15)16)8-6-12-14(3)7-8/h6-7,9,11H,4-5H2,1-3H3,(H,15,16). The molecule has 1 aromatic rings. The number of hydrogen-bond donors (Lipinski definition) is 2. The lowest BCUT2D eigenvalue weighted by molar-refractivity contribution is -0.139. The highest BCUT2D eigenvalue weighted by Gasteiger charge is 2.20. The summed E-state index contributed by atoms with van der Waals surface area (Å²) >= 11 is 0. The van der Waals surface area contributed by atoms with Crippen molar-refractivity contribution in [2.45, 2.75) is 6.04 Å². The molecule has 6 heteroatoms. The summed E-state index contributed by atoms with van der Waals surface area (Å²) in [4.78, 5) is 13.1. The number of nitrogens with zero attached hydrogens (tertiary/aromatic N) is 3. The summed E-state index contributed by atoms with van der Waals surface area (Å²) in [6, 6.07) is -0.686. The molecule has 1 heterocycles. The molecule has 2 N–H and O–H groups in total. The average Bonchev–Trinajstić information content (AvgIpc) is 2.58. The Labute approximate surface area is 94.9 Å². The SMILES string of the molecule is CN(C)CCNC(C(=O)O)c1cnn(C)c1. The lowest BCUT2D eigenvalue weighted by atomic mass is 10.1. The Morgan fingerprint density at radius 1 is 1.69 bits per heavy atom. The molecule has 1 rings (SSSR count). The van der Waals surface area contributed by atoms with E-state index in [-0.39, 0.29) is 0 Å². The van der Waals surface area contributed by atoms with Crippen LogP contribution >= 0.6 is 0 Å². The van der Waals surface area contributed by atoms with E-state index in [1.54, 1.807) is 24.1 Å². The van der Waals surface area contributed by atoms with Crippen LogP contribution in [0.5, 0.6) is 0 Å². The third-order valence-electron chi connectivity index (χ3n) is 2.21. The molecule has 0 aliphatic carbocycles. The molecular weight excluding hydrogens is 208 g/mol. The fourth-order valence-electron chi connectivity index (χ4n) is 1.37. The first-order valence-corrected chi connectivity index (χ1v) is 5.10. The zero-order chi connectivity index (χ0) is 12.1. The van der Waals surface area contributed by atoms with Crippen LogP contribution in [0.15, 0.2) is 12.4 Å². The molecule has 90 valence electrons. The molecule has 0 spiro atoms. The fraction of sp³-hybridized carbons (Fsp3) is 0.600. The van der Waals surface area contributed by atoms with Gasteiger partial charge in [-0.15, -0.1) is 0 Å². The summed E-state index contributed by atoms with van der Waals surface area (Å²) < 4.78 is 1.60. The molecular formula is C10H18N4O2. The van der Waals surface area contributed by atoms with Crippen LogP contribution in [0.3, 0.4) is 0 Å². The normalized spacial score (nSPS) is 13.0. The van der Waals surface area contributed by atoms with Gasteiger partial charge in [-0.1, -0.05) is 0 Å². The third-order valence-corrected chi connectivity index (χ3v) is 2.21. The van der Waals surface area contributed by atoms with E-state index in [2.05, 4.69) is 10.4 Å². The van der Waals surface area contributed by atoms with Crippen LogP contribution in [0, 0.1) is 0 Å². The molecule has 0 aliphatic rings. The Balaban J connectivity index is 2.58. The Morgan fingerprint density at radius 2 is 2.38 bits per heavy atom. The summed E-state index contributed by atoms with van der Waals surface area (Å²) in [7, 11) is 5.66. The van der Waals surface area contributed by atoms with Gasteiger partial charge in [0.25, 0.3) is 0 Å². The maximum atomic E-state index is 11.1. The number of carboxylic acids is 1. The van der Waals surface area contributed by atoms with Gasteiger partial charge in [0.05, 0.1) is 6.20 Å². The van der Waals surface area contributed by atoms with Crippen molar-refractivity contribution >= 4 is 5.97 Å². The number of aliphatic carboxylic acids is 1. The van der Waals surface area contributed by atoms with Crippen LogP contribution in [0.25, 0.3) is 0 Å². The van der Waals surface area contributed by atoms with E-state index in [0.717, 1.165) is 6.54 Å². The quantitative estimate of drug-likeness (QED) is 0.696. The van der Waals surface area contributed by atoms with E-state index >= 15 is 0 Å². The number of hydrogen-bond acceptors (Lipinski definition) is 4. The Bertz CT molecular complexity index is 348. The highest BCUT2D eigenvalue weighted by Crippen LogP contribution is 2.11. The summed E-state index contributed by atoms with van der Waals surface area (Å²) in [5, 5.41) is 16.0. The van der Waals surface area contributed by atoms with E-state index in [1.807, 2.05) is 19.0 Å². The second-order valence-electron chi connectivity index (χ2n) is 3.98. The van der Waals surface area contributed by atoms with Gasteiger partial charge in [-0.3, -0.25) is 14.8 Å². The van der Waals surface area contributed by atoms with Crippen molar-refractivity contribution in [3.8, 4) is 0 Å². The van der Waals surface area contributed by atoms with Gasteiger partial charge in [0.2, 0.25) is 0 Å². The molecule has 0 saturated carbocycles. The van der Waals surface area contributed by atoms with Gasteiger partial charge in [0.1, 0.15) is 6.04 Å². The molecule has 0 amide bonds. The van der Waals surface area contributed by atoms with Gasteiger partial charge in [-0.25, -0.2) is 0 Å². The summed E-state index contributed by atoms with van der Waals surface area (Å²) in [5.74, 6) is -0.883. The lowest BCUT2D eigenvalue weighted by Gasteiger charge is -2.15. The van der Waals surface area contributed by atoms with Gasteiger partial charge in [-0.2, -0.15) is 5.10 Å². The summed E-state index contributed by atoms with van der Waals surface area (Å²) in [6.07, 6.45) is 3.28. The van der Waals surface area contributed by atoms with Crippen molar-refractivity contribution in [2.75, 3.05) is 27.2 Å². The topological polar surface area (TPSA) is 70.4 Å². The Hall–Kier alpha value is -1.40. The van der Waals surface area contributed by atoms with E-state index in [4.69, 9.17) is 5.11 Å². The van der Waals surface area contributed by atoms with Crippen molar-refractivity contribution in [3.05, 3.63) is 18.0 Å². The van der Waals surface area contributed by atoms with Gasteiger partial charge in [0, 0.05) is 31.9 Å². The number of aromatic nitrogens is 2. The lowest BCUT2D eigenvalue weighted by Crippen LogP contribution is -2.33. The third kappa shape index (κ3) is 3.63. The van der Waals surface area contributed by atoms with Crippen LogP contribution in [0.1, 0.15) is 11.6 Å².